The summed E-state index contributed by atoms with van der Waals surface area (Å²) in [7, 11) is 0. The number of hydrogen-bond donors (Lipinski definition) is 2. The van der Waals surface area contributed by atoms with Crippen LogP contribution in [0, 0.1) is 11.6 Å². The maximum atomic E-state index is 14.4. The second-order valence-corrected chi connectivity index (χ2v) is 7.54. The minimum atomic E-state index is -0.666. The molecule has 1 aliphatic carbocycles. The van der Waals surface area contributed by atoms with Crippen molar-refractivity contribution >= 4 is 29.0 Å². The minimum absolute atomic E-state index is 0.0306. The number of ketones is 1. The fourth-order valence-electron chi connectivity index (χ4n) is 3.66. The number of carbonyl (C=O) groups excluding carboxylic acids is 2. The Morgan fingerprint density at radius 2 is 2.03 bits per heavy atom. The molecule has 10 heteroatoms. The van der Waals surface area contributed by atoms with Crippen LogP contribution in [0.2, 0.25) is 0 Å². The lowest BCUT2D eigenvalue weighted by atomic mass is 10.0. The maximum absolute atomic E-state index is 14.4. The number of urea groups is 1. The Morgan fingerprint density at radius 3 is 2.83 bits per heavy atom. The standard InChI is InChI=1S/C20H18F2N6O2/c21-11-1-4-15(22)14(7-11)17-8-13(29)10-27(17)18-5-6-28-19(26-18)16(9-23-28)25-20(30)24-12-2-3-12/h1,4-7,9,12,17H,2-3,8,10H2,(H2,24,25,30)/t17-/m1/s1. The van der Waals surface area contributed by atoms with Crippen molar-refractivity contribution in [1.82, 2.24) is 19.9 Å². The predicted octanol–water partition coefficient (Wildman–Crippen LogP) is 2.81. The van der Waals surface area contributed by atoms with Crippen molar-refractivity contribution in [1.29, 1.82) is 0 Å². The zero-order valence-electron chi connectivity index (χ0n) is 15.8. The molecule has 0 bridgehead atoms. The van der Waals surface area contributed by atoms with Crippen molar-refractivity contribution in [3.05, 3.63) is 53.9 Å². The van der Waals surface area contributed by atoms with E-state index < -0.39 is 17.7 Å². The first-order valence-corrected chi connectivity index (χ1v) is 9.63. The molecule has 0 radical (unpaired) electrons. The Kier molecular flexibility index (Phi) is 4.34. The van der Waals surface area contributed by atoms with Gasteiger partial charge >= 0.3 is 6.03 Å². The average molecular weight is 412 g/mol. The van der Waals surface area contributed by atoms with Crippen molar-refractivity contribution < 1.29 is 18.4 Å². The first-order chi connectivity index (χ1) is 14.5. The van der Waals surface area contributed by atoms with Crippen LogP contribution in [0.5, 0.6) is 0 Å². The van der Waals surface area contributed by atoms with E-state index in [-0.39, 0.29) is 36.4 Å². The van der Waals surface area contributed by atoms with Crippen LogP contribution in [0.4, 0.5) is 25.1 Å². The molecule has 0 unspecified atom stereocenters. The monoisotopic (exact) mass is 412 g/mol. The van der Waals surface area contributed by atoms with Gasteiger partial charge in [-0.3, -0.25) is 4.79 Å². The van der Waals surface area contributed by atoms with Gasteiger partial charge in [-0.1, -0.05) is 0 Å². The van der Waals surface area contributed by atoms with Crippen LogP contribution in [0.1, 0.15) is 30.9 Å². The Labute approximate surface area is 169 Å². The van der Waals surface area contributed by atoms with E-state index in [0.717, 1.165) is 31.0 Å². The van der Waals surface area contributed by atoms with Crippen LogP contribution in [-0.4, -0.2) is 39.0 Å². The van der Waals surface area contributed by atoms with Crippen LogP contribution in [0.3, 0.4) is 0 Å². The van der Waals surface area contributed by atoms with E-state index in [1.54, 1.807) is 17.2 Å². The summed E-state index contributed by atoms with van der Waals surface area (Å²) in [4.78, 5) is 30.4. The third kappa shape index (κ3) is 3.44. The number of rotatable bonds is 4. The molecule has 2 fully saturated rings. The number of Topliss-reactive ketones (excluding diaryl/α,β-unsaturated/α-hetero) is 1. The topological polar surface area (TPSA) is 91.6 Å². The Hall–Kier alpha value is -3.56. The number of aromatic nitrogens is 3. The lowest BCUT2D eigenvalue weighted by Gasteiger charge is -2.25. The fraction of sp³-hybridized carbons (Fsp3) is 0.300. The van der Waals surface area contributed by atoms with Gasteiger partial charge < -0.3 is 15.5 Å². The third-order valence-electron chi connectivity index (χ3n) is 5.27. The maximum Gasteiger partial charge on any atom is 0.319 e. The van der Waals surface area contributed by atoms with Gasteiger partial charge in [0.05, 0.1) is 18.8 Å². The summed E-state index contributed by atoms with van der Waals surface area (Å²) in [6, 6.07) is 4.06. The Balaban J connectivity index is 1.48. The highest BCUT2D eigenvalue weighted by atomic mass is 19.1. The number of anilines is 2. The van der Waals surface area contributed by atoms with Gasteiger partial charge in [0, 0.05) is 24.2 Å². The summed E-state index contributed by atoms with van der Waals surface area (Å²) in [5.74, 6) is -0.835. The highest BCUT2D eigenvalue weighted by Gasteiger charge is 2.35. The zero-order valence-corrected chi connectivity index (χ0v) is 15.8. The number of nitrogens with zero attached hydrogens (tertiary/aromatic N) is 4. The van der Waals surface area contributed by atoms with Crippen LogP contribution in [0.25, 0.3) is 5.65 Å². The number of carbonyl (C=O) groups is 2. The van der Waals surface area contributed by atoms with Gasteiger partial charge in [0.2, 0.25) is 0 Å². The number of hydrogen-bond acceptors (Lipinski definition) is 5. The molecule has 1 atom stereocenters. The Morgan fingerprint density at radius 1 is 1.20 bits per heavy atom. The van der Waals surface area contributed by atoms with E-state index in [9.17, 15) is 18.4 Å². The second-order valence-electron chi connectivity index (χ2n) is 7.54. The number of halogens is 2. The van der Waals surface area contributed by atoms with Crippen molar-refractivity contribution in [3.63, 3.8) is 0 Å². The molecule has 3 aromatic rings. The van der Waals surface area contributed by atoms with Crippen molar-refractivity contribution in [2.45, 2.75) is 31.3 Å². The van der Waals surface area contributed by atoms with Crippen LogP contribution in [0.15, 0.2) is 36.7 Å². The molecule has 2 aromatic heterocycles. The smallest absolute Gasteiger partial charge is 0.319 e. The molecule has 0 spiro atoms. The molecular weight excluding hydrogens is 394 g/mol. The normalized spacial score (nSPS) is 18.8. The molecule has 8 nitrogen and oxygen atoms in total. The summed E-state index contributed by atoms with van der Waals surface area (Å²) in [5, 5.41) is 9.73. The number of benzene rings is 1. The van der Waals surface area contributed by atoms with Crippen LogP contribution >= 0.6 is 0 Å². The molecule has 1 saturated carbocycles. The van der Waals surface area contributed by atoms with Crippen LogP contribution in [-0.2, 0) is 4.79 Å². The van der Waals surface area contributed by atoms with E-state index in [1.165, 1.54) is 10.7 Å². The van der Waals surface area contributed by atoms with Crippen molar-refractivity contribution in [2.24, 2.45) is 0 Å². The average Bonchev–Trinajstić information content (AvgIpc) is 3.31. The lowest BCUT2D eigenvalue weighted by molar-refractivity contribution is -0.116. The molecule has 1 saturated heterocycles. The first-order valence-electron chi connectivity index (χ1n) is 9.63. The van der Waals surface area contributed by atoms with Gasteiger partial charge in [-0.15, -0.1) is 0 Å². The van der Waals surface area contributed by atoms with Gasteiger partial charge in [-0.25, -0.2) is 23.1 Å². The highest BCUT2D eigenvalue weighted by Crippen LogP contribution is 2.35. The number of nitrogens with one attached hydrogen (secondary N) is 2. The van der Waals surface area contributed by atoms with E-state index >= 15 is 0 Å². The van der Waals surface area contributed by atoms with Crippen molar-refractivity contribution in [2.75, 3.05) is 16.8 Å². The summed E-state index contributed by atoms with van der Waals surface area (Å²) in [5.41, 5.74) is 0.906. The van der Waals surface area contributed by atoms with E-state index in [2.05, 4.69) is 20.7 Å². The first kappa shape index (κ1) is 18.5. The van der Waals surface area contributed by atoms with E-state index in [4.69, 9.17) is 0 Å². The van der Waals surface area contributed by atoms with Gasteiger partial charge in [-0.05, 0) is 37.1 Å². The minimum Gasteiger partial charge on any atom is -0.342 e. The number of amides is 2. The summed E-state index contributed by atoms with van der Waals surface area (Å²) in [6.45, 7) is 0.0306. The molecule has 1 aromatic carbocycles. The van der Waals surface area contributed by atoms with Crippen molar-refractivity contribution in [3.8, 4) is 0 Å². The molecule has 154 valence electrons. The van der Waals surface area contributed by atoms with Gasteiger partial charge in [0.15, 0.2) is 11.4 Å². The van der Waals surface area contributed by atoms with E-state index in [1.807, 2.05) is 0 Å². The predicted molar refractivity (Wildman–Crippen MR) is 104 cm³/mol. The molecular formula is C20H18F2N6O2. The quantitative estimate of drug-likeness (QED) is 0.688. The lowest BCUT2D eigenvalue weighted by Crippen LogP contribution is -2.30. The SMILES string of the molecule is O=C1C[C@H](c2cc(F)ccc2F)N(c2ccn3ncc(NC(=O)NC4CC4)c3n2)C1. The van der Waals surface area contributed by atoms with E-state index in [0.29, 0.717) is 17.2 Å². The molecule has 30 heavy (non-hydrogen) atoms. The zero-order chi connectivity index (χ0) is 20.8. The summed E-state index contributed by atoms with van der Waals surface area (Å²) < 4.78 is 29.6. The molecule has 2 amide bonds. The molecule has 1 aliphatic heterocycles. The summed E-state index contributed by atoms with van der Waals surface area (Å²) in [6.07, 6.45) is 5.11. The molecule has 3 heterocycles. The number of fused-ring (bicyclic) bond motifs is 1. The van der Waals surface area contributed by atoms with Gasteiger partial charge in [0.1, 0.15) is 23.1 Å². The molecule has 2 aliphatic rings. The third-order valence-corrected chi connectivity index (χ3v) is 5.27. The van der Waals surface area contributed by atoms with Gasteiger partial charge in [-0.2, -0.15) is 5.10 Å². The van der Waals surface area contributed by atoms with Gasteiger partial charge in [0.25, 0.3) is 0 Å². The summed E-state index contributed by atoms with van der Waals surface area (Å²) >= 11 is 0. The Bertz CT molecular complexity index is 1160. The molecule has 2 N–H and O–H groups in total. The largest absolute Gasteiger partial charge is 0.342 e. The fourth-order valence-corrected chi connectivity index (χ4v) is 3.66. The molecule has 5 rings (SSSR count). The highest BCUT2D eigenvalue weighted by molar-refractivity contribution is 5.93. The van der Waals surface area contributed by atoms with Crippen LogP contribution < -0.4 is 15.5 Å². The second kappa shape index (κ2) is 7.05.